The molecule has 0 unspecified atom stereocenters. The molecule has 0 spiro atoms. The first-order valence-corrected chi connectivity index (χ1v) is 8.27. The Morgan fingerprint density at radius 1 is 1.00 bits per heavy atom. The number of benzene rings is 2. The molecule has 0 aliphatic heterocycles. The van der Waals surface area contributed by atoms with E-state index in [4.69, 9.17) is 0 Å². The highest BCUT2D eigenvalue weighted by Crippen LogP contribution is 2.12. The fraction of sp³-hybridized carbons (Fsp3) is 0.188. The standard InChI is InChI=1S/C16H17NO3S/c1-13(18)15-7-9-16(10-8-15)17-21(19,20)12-11-14-5-3-2-4-6-14/h2-10,17H,11-12H2,1H3. The highest BCUT2D eigenvalue weighted by atomic mass is 32.2. The molecule has 0 aliphatic carbocycles. The van der Waals surface area contributed by atoms with Gasteiger partial charge in [0, 0.05) is 11.3 Å². The molecule has 0 fully saturated rings. The minimum Gasteiger partial charge on any atom is -0.295 e. The van der Waals surface area contributed by atoms with Gasteiger partial charge in [0.05, 0.1) is 5.75 Å². The number of ketones is 1. The molecule has 0 atom stereocenters. The number of carbonyl (C=O) groups is 1. The van der Waals surface area contributed by atoms with Crippen molar-refractivity contribution < 1.29 is 13.2 Å². The maximum absolute atomic E-state index is 12.0. The van der Waals surface area contributed by atoms with Gasteiger partial charge in [0.25, 0.3) is 0 Å². The lowest BCUT2D eigenvalue weighted by Gasteiger charge is -2.08. The summed E-state index contributed by atoms with van der Waals surface area (Å²) in [5.74, 6) is -0.0284. The molecular formula is C16H17NO3S. The second-order valence-electron chi connectivity index (χ2n) is 4.79. The number of nitrogens with one attached hydrogen (secondary N) is 1. The van der Waals surface area contributed by atoms with Gasteiger partial charge in [-0.2, -0.15) is 0 Å². The fourth-order valence-corrected chi connectivity index (χ4v) is 3.00. The summed E-state index contributed by atoms with van der Waals surface area (Å²) in [6.07, 6.45) is 0.460. The van der Waals surface area contributed by atoms with E-state index in [1.54, 1.807) is 24.3 Å². The van der Waals surface area contributed by atoms with E-state index in [9.17, 15) is 13.2 Å². The zero-order valence-corrected chi connectivity index (χ0v) is 12.6. The smallest absolute Gasteiger partial charge is 0.233 e. The first-order valence-electron chi connectivity index (χ1n) is 6.62. The van der Waals surface area contributed by atoms with Crippen LogP contribution in [0.2, 0.25) is 0 Å². The Labute approximate surface area is 124 Å². The second kappa shape index (κ2) is 6.54. The molecule has 0 radical (unpaired) electrons. The molecule has 2 aromatic carbocycles. The number of Topliss-reactive ketones (excluding diaryl/α,β-unsaturated/α-hetero) is 1. The number of carbonyl (C=O) groups excluding carboxylic acids is 1. The van der Waals surface area contributed by atoms with Crippen LogP contribution in [0, 0.1) is 0 Å². The van der Waals surface area contributed by atoms with Crippen molar-refractivity contribution in [1.29, 1.82) is 0 Å². The topological polar surface area (TPSA) is 63.2 Å². The van der Waals surface area contributed by atoms with Crippen LogP contribution in [0.5, 0.6) is 0 Å². The van der Waals surface area contributed by atoms with Gasteiger partial charge >= 0.3 is 0 Å². The van der Waals surface area contributed by atoms with Crippen LogP contribution in [0.3, 0.4) is 0 Å². The van der Waals surface area contributed by atoms with Crippen LogP contribution in [0.25, 0.3) is 0 Å². The van der Waals surface area contributed by atoms with Crippen molar-refractivity contribution in [3.63, 3.8) is 0 Å². The predicted octanol–water partition coefficient (Wildman–Crippen LogP) is 2.87. The van der Waals surface area contributed by atoms with Crippen molar-refractivity contribution in [3.8, 4) is 0 Å². The summed E-state index contributed by atoms with van der Waals surface area (Å²) in [5, 5.41) is 0. The maximum atomic E-state index is 12.0. The quantitative estimate of drug-likeness (QED) is 0.835. The Bertz CT molecular complexity index is 707. The third-order valence-corrected chi connectivity index (χ3v) is 4.36. The van der Waals surface area contributed by atoms with E-state index in [2.05, 4.69) is 4.72 Å². The average molecular weight is 303 g/mol. The summed E-state index contributed by atoms with van der Waals surface area (Å²) in [6.45, 7) is 1.47. The van der Waals surface area contributed by atoms with E-state index >= 15 is 0 Å². The number of hydrogen-bond donors (Lipinski definition) is 1. The molecule has 1 N–H and O–H groups in total. The summed E-state index contributed by atoms with van der Waals surface area (Å²) in [6, 6.07) is 15.9. The molecule has 0 aromatic heterocycles. The van der Waals surface area contributed by atoms with Gasteiger partial charge in [-0.25, -0.2) is 8.42 Å². The van der Waals surface area contributed by atoms with Crippen LogP contribution in [-0.4, -0.2) is 20.0 Å². The molecule has 0 saturated carbocycles. The van der Waals surface area contributed by atoms with Crippen molar-refractivity contribution >= 4 is 21.5 Å². The molecule has 5 heteroatoms. The molecule has 21 heavy (non-hydrogen) atoms. The highest BCUT2D eigenvalue weighted by Gasteiger charge is 2.11. The normalized spacial score (nSPS) is 11.1. The molecule has 0 amide bonds. The van der Waals surface area contributed by atoms with Gasteiger partial charge in [-0.1, -0.05) is 30.3 Å². The monoisotopic (exact) mass is 303 g/mol. The van der Waals surface area contributed by atoms with Crippen LogP contribution >= 0.6 is 0 Å². The van der Waals surface area contributed by atoms with Gasteiger partial charge in [0.1, 0.15) is 0 Å². The molecule has 4 nitrogen and oxygen atoms in total. The lowest BCUT2D eigenvalue weighted by Crippen LogP contribution is -2.18. The third kappa shape index (κ3) is 4.72. The van der Waals surface area contributed by atoms with E-state index in [1.807, 2.05) is 30.3 Å². The van der Waals surface area contributed by atoms with Crippen LogP contribution in [-0.2, 0) is 16.4 Å². The van der Waals surface area contributed by atoms with E-state index in [-0.39, 0.29) is 11.5 Å². The van der Waals surface area contributed by atoms with E-state index in [0.717, 1.165) is 5.56 Å². The van der Waals surface area contributed by atoms with Gasteiger partial charge in [-0.05, 0) is 43.2 Å². The van der Waals surface area contributed by atoms with Crippen LogP contribution < -0.4 is 4.72 Å². The Kier molecular flexibility index (Phi) is 4.75. The molecule has 110 valence electrons. The van der Waals surface area contributed by atoms with Gasteiger partial charge in [-0.3, -0.25) is 9.52 Å². The lowest BCUT2D eigenvalue weighted by molar-refractivity contribution is 0.101. The van der Waals surface area contributed by atoms with Crippen LogP contribution in [0.1, 0.15) is 22.8 Å². The van der Waals surface area contributed by atoms with Gasteiger partial charge in [-0.15, -0.1) is 0 Å². The van der Waals surface area contributed by atoms with Crippen LogP contribution in [0.4, 0.5) is 5.69 Å². The molecule has 0 aliphatic rings. The molecular weight excluding hydrogens is 286 g/mol. The highest BCUT2D eigenvalue weighted by molar-refractivity contribution is 7.92. The maximum Gasteiger partial charge on any atom is 0.233 e. The Hall–Kier alpha value is -2.14. The number of rotatable bonds is 6. The molecule has 0 bridgehead atoms. The van der Waals surface area contributed by atoms with Crippen molar-refractivity contribution in [2.45, 2.75) is 13.3 Å². The summed E-state index contributed by atoms with van der Waals surface area (Å²) in [5.41, 5.74) is 2.00. The van der Waals surface area contributed by atoms with Crippen molar-refractivity contribution in [3.05, 3.63) is 65.7 Å². The van der Waals surface area contributed by atoms with Gasteiger partial charge in [0.15, 0.2) is 5.78 Å². The van der Waals surface area contributed by atoms with Crippen molar-refractivity contribution in [2.24, 2.45) is 0 Å². The van der Waals surface area contributed by atoms with E-state index in [1.165, 1.54) is 6.92 Å². The van der Waals surface area contributed by atoms with Crippen molar-refractivity contribution in [2.75, 3.05) is 10.5 Å². The van der Waals surface area contributed by atoms with E-state index in [0.29, 0.717) is 17.7 Å². The molecule has 2 aromatic rings. The first kappa shape index (κ1) is 15.3. The number of sulfonamides is 1. The summed E-state index contributed by atoms with van der Waals surface area (Å²) in [4.78, 5) is 11.2. The predicted molar refractivity (Wildman–Crippen MR) is 84.0 cm³/mol. The lowest BCUT2D eigenvalue weighted by atomic mass is 10.1. The first-order chi connectivity index (χ1) is 9.96. The van der Waals surface area contributed by atoms with Gasteiger partial charge < -0.3 is 0 Å². The minimum atomic E-state index is -3.40. The largest absolute Gasteiger partial charge is 0.295 e. The Morgan fingerprint density at radius 3 is 2.19 bits per heavy atom. The number of aryl methyl sites for hydroxylation is 1. The third-order valence-electron chi connectivity index (χ3n) is 3.07. The summed E-state index contributed by atoms with van der Waals surface area (Å²) < 4.78 is 26.5. The second-order valence-corrected chi connectivity index (χ2v) is 6.63. The van der Waals surface area contributed by atoms with Gasteiger partial charge in [0.2, 0.25) is 10.0 Å². The molecule has 0 saturated heterocycles. The average Bonchev–Trinajstić information content (AvgIpc) is 2.46. The van der Waals surface area contributed by atoms with Crippen LogP contribution in [0.15, 0.2) is 54.6 Å². The van der Waals surface area contributed by atoms with E-state index < -0.39 is 10.0 Å². The van der Waals surface area contributed by atoms with Crippen molar-refractivity contribution in [1.82, 2.24) is 0 Å². The molecule has 2 rings (SSSR count). The number of anilines is 1. The Balaban J connectivity index is 1.99. The fourth-order valence-electron chi connectivity index (χ4n) is 1.90. The minimum absolute atomic E-state index is 0.0193. The summed E-state index contributed by atoms with van der Waals surface area (Å²) >= 11 is 0. The summed E-state index contributed by atoms with van der Waals surface area (Å²) in [7, 11) is -3.40. The zero-order chi connectivity index (χ0) is 15.3. The number of hydrogen-bond acceptors (Lipinski definition) is 3. The Morgan fingerprint density at radius 2 is 1.62 bits per heavy atom. The zero-order valence-electron chi connectivity index (χ0n) is 11.7. The molecule has 0 heterocycles. The SMILES string of the molecule is CC(=O)c1ccc(NS(=O)(=O)CCc2ccccc2)cc1.